The molecule has 0 amide bonds. The van der Waals surface area contributed by atoms with Crippen LogP contribution >= 0.6 is 0 Å². The predicted molar refractivity (Wildman–Crippen MR) is 82.4 cm³/mol. The Morgan fingerprint density at radius 3 is 2.33 bits per heavy atom. The van der Waals surface area contributed by atoms with Gasteiger partial charge in [0.25, 0.3) is 0 Å². The molecule has 2 aromatic rings. The van der Waals surface area contributed by atoms with Crippen LogP contribution in [0.2, 0.25) is 0 Å². The predicted octanol–water partition coefficient (Wildman–Crippen LogP) is 4.47. The molecule has 1 unspecified atom stereocenters. The van der Waals surface area contributed by atoms with E-state index in [0.29, 0.717) is 12.0 Å². The number of halogens is 2. The first-order valence-corrected chi connectivity index (χ1v) is 7.25. The van der Waals surface area contributed by atoms with Crippen LogP contribution in [-0.2, 0) is 6.42 Å². The van der Waals surface area contributed by atoms with Gasteiger partial charge in [-0.2, -0.15) is 0 Å². The van der Waals surface area contributed by atoms with E-state index in [4.69, 9.17) is 0 Å². The molecule has 0 aliphatic rings. The van der Waals surface area contributed by atoms with E-state index in [-0.39, 0.29) is 6.04 Å². The van der Waals surface area contributed by atoms with E-state index in [9.17, 15) is 8.78 Å². The summed E-state index contributed by atoms with van der Waals surface area (Å²) >= 11 is 0. The molecule has 3 heteroatoms. The van der Waals surface area contributed by atoms with E-state index in [1.807, 2.05) is 20.8 Å². The van der Waals surface area contributed by atoms with E-state index < -0.39 is 11.6 Å². The lowest BCUT2D eigenvalue weighted by Gasteiger charge is -2.20. The summed E-state index contributed by atoms with van der Waals surface area (Å²) in [5.41, 5.74) is 3.86. The van der Waals surface area contributed by atoms with Crippen molar-refractivity contribution in [3.8, 4) is 0 Å². The molecular formula is C18H21F2N. The fraction of sp³-hybridized carbons (Fsp3) is 0.333. The lowest BCUT2D eigenvalue weighted by Crippen LogP contribution is -2.23. The molecule has 1 N–H and O–H groups in total. The number of likely N-dealkylation sites (N-methyl/N-ethyl adjacent to an activating group) is 1. The van der Waals surface area contributed by atoms with Gasteiger partial charge in [-0.25, -0.2) is 8.78 Å². The van der Waals surface area contributed by atoms with E-state index in [1.165, 1.54) is 11.1 Å². The Balaban J connectivity index is 2.32. The summed E-state index contributed by atoms with van der Waals surface area (Å²) in [6.45, 7) is 6.87. The normalized spacial score (nSPS) is 12.4. The zero-order valence-electron chi connectivity index (χ0n) is 12.7. The van der Waals surface area contributed by atoms with Gasteiger partial charge in [-0.3, -0.25) is 0 Å². The number of benzene rings is 2. The highest BCUT2D eigenvalue weighted by molar-refractivity contribution is 5.32. The molecule has 0 saturated heterocycles. The summed E-state index contributed by atoms with van der Waals surface area (Å²) in [5, 5.41) is 3.36. The summed E-state index contributed by atoms with van der Waals surface area (Å²) in [4.78, 5) is 0. The molecule has 1 nitrogen and oxygen atoms in total. The molecule has 0 bridgehead atoms. The summed E-state index contributed by atoms with van der Waals surface area (Å²) in [6, 6.07) is 10.6. The van der Waals surface area contributed by atoms with Crippen LogP contribution in [0.3, 0.4) is 0 Å². The van der Waals surface area contributed by atoms with Crippen LogP contribution in [0, 0.1) is 25.5 Å². The van der Waals surface area contributed by atoms with Crippen LogP contribution in [0.4, 0.5) is 8.78 Å². The summed E-state index contributed by atoms with van der Waals surface area (Å²) in [5.74, 6) is -1.53. The lowest BCUT2D eigenvalue weighted by molar-refractivity contribution is 0.481. The van der Waals surface area contributed by atoms with Crippen LogP contribution in [0.15, 0.2) is 36.4 Å². The Bertz CT molecular complexity index is 602. The molecule has 112 valence electrons. The minimum atomic E-state index is -0.789. The third kappa shape index (κ3) is 3.88. The molecule has 0 heterocycles. The van der Waals surface area contributed by atoms with Gasteiger partial charge in [-0.15, -0.1) is 0 Å². The maximum atomic E-state index is 13.9. The molecule has 0 spiro atoms. The Hall–Kier alpha value is -1.74. The van der Waals surface area contributed by atoms with Crippen molar-refractivity contribution < 1.29 is 8.78 Å². The van der Waals surface area contributed by atoms with Gasteiger partial charge in [-0.05, 0) is 44.0 Å². The molecule has 0 fully saturated rings. The topological polar surface area (TPSA) is 12.0 Å². The minimum absolute atomic E-state index is 0.0232. The molecule has 1 atom stereocenters. The first kappa shape index (κ1) is 15.6. The van der Waals surface area contributed by atoms with E-state index in [1.54, 1.807) is 12.1 Å². The number of aryl methyl sites for hydroxylation is 2. The monoisotopic (exact) mass is 289 g/mol. The fourth-order valence-corrected chi connectivity index (χ4v) is 2.69. The first-order valence-electron chi connectivity index (χ1n) is 7.25. The molecule has 21 heavy (non-hydrogen) atoms. The van der Waals surface area contributed by atoms with Gasteiger partial charge in [0.1, 0.15) is 0 Å². The molecule has 0 aliphatic heterocycles. The number of rotatable bonds is 5. The van der Waals surface area contributed by atoms with Crippen molar-refractivity contribution in [2.75, 3.05) is 6.54 Å². The van der Waals surface area contributed by atoms with Crippen molar-refractivity contribution in [2.45, 2.75) is 33.2 Å². The van der Waals surface area contributed by atoms with Crippen LogP contribution in [0.5, 0.6) is 0 Å². The maximum Gasteiger partial charge on any atom is 0.162 e. The average molecular weight is 289 g/mol. The molecule has 0 aromatic heterocycles. The average Bonchev–Trinajstić information content (AvgIpc) is 2.42. The maximum absolute atomic E-state index is 13.9. The second-order valence-corrected chi connectivity index (χ2v) is 5.45. The second-order valence-electron chi connectivity index (χ2n) is 5.45. The van der Waals surface area contributed by atoms with Crippen LogP contribution in [0.25, 0.3) is 0 Å². The fourth-order valence-electron chi connectivity index (χ4n) is 2.69. The van der Waals surface area contributed by atoms with Gasteiger partial charge in [0.15, 0.2) is 11.6 Å². The molecule has 2 aromatic carbocycles. The highest BCUT2D eigenvalue weighted by Crippen LogP contribution is 2.23. The van der Waals surface area contributed by atoms with E-state index >= 15 is 0 Å². The standard InChI is InChI=1S/C18H21F2N/c1-4-21-17(15-9-12(2)8-13(3)10-15)11-14-6-5-7-16(19)18(14)20/h5-10,17,21H,4,11H2,1-3H3. The Kier molecular flexibility index (Phi) is 5.07. The van der Waals surface area contributed by atoms with Gasteiger partial charge < -0.3 is 5.32 Å². The van der Waals surface area contributed by atoms with E-state index in [0.717, 1.165) is 18.2 Å². The first-order chi connectivity index (χ1) is 10.0. The van der Waals surface area contributed by atoms with Crippen molar-refractivity contribution in [3.63, 3.8) is 0 Å². The van der Waals surface area contributed by atoms with Crippen molar-refractivity contribution in [3.05, 3.63) is 70.3 Å². The summed E-state index contributed by atoms with van der Waals surface area (Å²) in [7, 11) is 0. The number of nitrogens with one attached hydrogen (secondary N) is 1. The van der Waals surface area contributed by atoms with Gasteiger partial charge >= 0.3 is 0 Å². The molecule has 0 aliphatic carbocycles. The molecular weight excluding hydrogens is 268 g/mol. The highest BCUT2D eigenvalue weighted by atomic mass is 19.2. The largest absolute Gasteiger partial charge is 0.310 e. The second kappa shape index (κ2) is 6.81. The third-order valence-corrected chi connectivity index (χ3v) is 3.55. The zero-order chi connectivity index (χ0) is 15.4. The van der Waals surface area contributed by atoms with Crippen LogP contribution in [0.1, 0.15) is 35.2 Å². The van der Waals surface area contributed by atoms with Crippen molar-refractivity contribution in [2.24, 2.45) is 0 Å². The number of hydrogen-bond acceptors (Lipinski definition) is 1. The van der Waals surface area contributed by atoms with Gasteiger partial charge in [0.05, 0.1) is 0 Å². The lowest BCUT2D eigenvalue weighted by atomic mass is 9.95. The van der Waals surface area contributed by atoms with Crippen molar-refractivity contribution >= 4 is 0 Å². The SMILES string of the molecule is CCNC(Cc1cccc(F)c1F)c1cc(C)cc(C)c1. The summed E-state index contributed by atoms with van der Waals surface area (Å²) < 4.78 is 27.2. The Morgan fingerprint density at radius 1 is 1.05 bits per heavy atom. The van der Waals surface area contributed by atoms with Crippen molar-refractivity contribution in [1.82, 2.24) is 5.32 Å². The van der Waals surface area contributed by atoms with Crippen LogP contribution < -0.4 is 5.32 Å². The van der Waals surface area contributed by atoms with Crippen LogP contribution in [-0.4, -0.2) is 6.54 Å². The van der Waals surface area contributed by atoms with Gasteiger partial charge in [-0.1, -0.05) is 48.4 Å². The zero-order valence-corrected chi connectivity index (χ0v) is 12.7. The van der Waals surface area contributed by atoms with E-state index in [2.05, 4.69) is 23.5 Å². The molecule has 0 radical (unpaired) electrons. The molecule has 2 rings (SSSR count). The Morgan fingerprint density at radius 2 is 1.71 bits per heavy atom. The van der Waals surface area contributed by atoms with Crippen molar-refractivity contribution in [1.29, 1.82) is 0 Å². The summed E-state index contributed by atoms with van der Waals surface area (Å²) in [6.07, 6.45) is 0.431. The Labute approximate surface area is 125 Å². The highest BCUT2D eigenvalue weighted by Gasteiger charge is 2.16. The molecule has 0 saturated carbocycles. The smallest absolute Gasteiger partial charge is 0.162 e. The quantitative estimate of drug-likeness (QED) is 0.856. The third-order valence-electron chi connectivity index (χ3n) is 3.55. The number of hydrogen-bond donors (Lipinski definition) is 1. The van der Waals surface area contributed by atoms with Gasteiger partial charge in [0.2, 0.25) is 0 Å². The minimum Gasteiger partial charge on any atom is -0.310 e. The van der Waals surface area contributed by atoms with Gasteiger partial charge in [0, 0.05) is 6.04 Å².